The van der Waals surface area contributed by atoms with Crippen LogP contribution in [-0.2, 0) is 38.1 Å². The highest BCUT2D eigenvalue weighted by molar-refractivity contribution is 5.71. The normalized spacial score (nSPS) is 23.1. The van der Waals surface area contributed by atoms with Gasteiger partial charge in [-0.3, -0.25) is 14.4 Å². The molecular formula is C32H58O12. The fourth-order valence-electron chi connectivity index (χ4n) is 4.92. The number of ether oxygens (including phenoxy) is 5. The quantitative estimate of drug-likeness (QED) is 0.0654. The van der Waals surface area contributed by atoms with Crippen LogP contribution in [0, 0.1) is 0 Å². The summed E-state index contributed by atoms with van der Waals surface area (Å²) in [5.74, 6) is -1.83. The molecular weight excluding hydrogens is 576 g/mol. The van der Waals surface area contributed by atoms with Gasteiger partial charge in [-0.25, -0.2) is 0 Å². The average Bonchev–Trinajstić information content (AvgIpc) is 3.00. The molecule has 12 heteroatoms. The third-order valence-corrected chi connectivity index (χ3v) is 7.64. The highest BCUT2D eigenvalue weighted by Gasteiger charge is 2.51. The Hall–Kier alpha value is -1.83. The van der Waals surface area contributed by atoms with E-state index in [0.29, 0.717) is 12.8 Å². The first-order valence-electron chi connectivity index (χ1n) is 16.6. The monoisotopic (exact) mass is 634 g/mol. The van der Waals surface area contributed by atoms with Crippen molar-refractivity contribution in [1.29, 1.82) is 0 Å². The highest BCUT2D eigenvalue weighted by atomic mass is 16.7. The Kier molecular flexibility index (Phi) is 22.3. The Labute approximate surface area is 262 Å². The number of aliphatic hydroxyl groups is 4. The van der Waals surface area contributed by atoms with Gasteiger partial charge in [0, 0.05) is 19.8 Å². The van der Waals surface area contributed by atoms with E-state index in [2.05, 4.69) is 13.8 Å². The van der Waals surface area contributed by atoms with Gasteiger partial charge in [0.1, 0.15) is 31.0 Å². The Morgan fingerprint density at radius 1 is 0.727 bits per heavy atom. The summed E-state index contributed by atoms with van der Waals surface area (Å²) in [7, 11) is 0. The van der Waals surface area contributed by atoms with E-state index >= 15 is 0 Å². The zero-order valence-electron chi connectivity index (χ0n) is 27.0. The topological polar surface area (TPSA) is 178 Å². The van der Waals surface area contributed by atoms with Crippen molar-refractivity contribution in [3.05, 3.63) is 0 Å². The molecule has 0 aromatic carbocycles. The summed E-state index contributed by atoms with van der Waals surface area (Å²) in [6.45, 7) is 3.82. The molecule has 1 saturated heterocycles. The predicted octanol–water partition coefficient (Wildman–Crippen LogP) is 3.47. The van der Waals surface area contributed by atoms with E-state index < -0.39 is 80.6 Å². The standard InChI is InChI=1S/C32H58O12/c1-4-6-8-10-12-14-16-18-27(37)43-30-29(39)26(22-40-23(3)34)42-32(41-21-25(36)24(35)20-33)31(30)44-28(38)19-17-15-13-11-9-7-5-2/h24-26,29-33,35-36,39H,4-22H2,1-3H3/t24-,25-,26-,29-,30+,31+,32-/m1/s1. The molecule has 0 aromatic heterocycles. The lowest BCUT2D eigenvalue weighted by molar-refractivity contribution is -0.311. The van der Waals surface area contributed by atoms with Crippen LogP contribution in [0.3, 0.4) is 0 Å². The van der Waals surface area contributed by atoms with Gasteiger partial charge < -0.3 is 44.1 Å². The van der Waals surface area contributed by atoms with Gasteiger partial charge in [-0.1, -0.05) is 90.9 Å². The average molecular weight is 635 g/mol. The molecule has 0 bridgehead atoms. The van der Waals surface area contributed by atoms with Gasteiger partial charge in [-0.15, -0.1) is 0 Å². The second-order valence-corrected chi connectivity index (χ2v) is 11.6. The highest BCUT2D eigenvalue weighted by Crippen LogP contribution is 2.29. The number of esters is 3. The van der Waals surface area contributed by atoms with E-state index in [1.54, 1.807) is 0 Å². The molecule has 0 saturated carbocycles. The fraction of sp³-hybridized carbons (Fsp3) is 0.906. The summed E-state index contributed by atoms with van der Waals surface area (Å²) in [6.07, 6.45) is 4.13. The Balaban J connectivity index is 2.99. The summed E-state index contributed by atoms with van der Waals surface area (Å²) in [4.78, 5) is 37.2. The van der Waals surface area contributed by atoms with Gasteiger partial charge in [-0.2, -0.15) is 0 Å². The lowest BCUT2D eigenvalue weighted by atomic mass is 9.98. The molecule has 1 rings (SSSR count). The maximum Gasteiger partial charge on any atom is 0.306 e. The van der Waals surface area contributed by atoms with Gasteiger partial charge in [0.05, 0.1) is 13.2 Å². The van der Waals surface area contributed by atoms with Gasteiger partial charge in [0.25, 0.3) is 0 Å². The molecule has 0 aliphatic carbocycles. The van der Waals surface area contributed by atoms with Crippen LogP contribution in [0.5, 0.6) is 0 Å². The number of carbonyl (C=O) groups is 3. The van der Waals surface area contributed by atoms with E-state index in [1.807, 2.05) is 0 Å². The Bertz CT molecular complexity index is 778. The third kappa shape index (κ3) is 17.0. The lowest BCUT2D eigenvalue weighted by Gasteiger charge is -2.43. The van der Waals surface area contributed by atoms with Crippen LogP contribution in [0.15, 0.2) is 0 Å². The van der Waals surface area contributed by atoms with E-state index in [0.717, 1.165) is 64.2 Å². The molecule has 0 aromatic rings. The van der Waals surface area contributed by atoms with Crippen LogP contribution >= 0.6 is 0 Å². The van der Waals surface area contributed by atoms with Crippen molar-refractivity contribution in [3.63, 3.8) is 0 Å². The first-order chi connectivity index (χ1) is 21.1. The van der Waals surface area contributed by atoms with Crippen LogP contribution in [0.2, 0.25) is 0 Å². The van der Waals surface area contributed by atoms with Crippen LogP contribution in [0.4, 0.5) is 0 Å². The molecule has 0 radical (unpaired) electrons. The maximum atomic E-state index is 12.9. The summed E-state index contributed by atoms with van der Waals surface area (Å²) in [5.41, 5.74) is 0. The minimum absolute atomic E-state index is 0.0918. The van der Waals surface area contributed by atoms with E-state index in [9.17, 15) is 29.7 Å². The number of carbonyl (C=O) groups excluding carboxylic acids is 3. The van der Waals surface area contributed by atoms with E-state index in [4.69, 9.17) is 28.8 Å². The van der Waals surface area contributed by atoms with Crippen LogP contribution in [0.25, 0.3) is 0 Å². The molecule has 258 valence electrons. The van der Waals surface area contributed by atoms with Crippen molar-refractivity contribution in [2.75, 3.05) is 19.8 Å². The molecule has 0 unspecified atom stereocenters. The van der Waals surface area contributed by atoms with Crippen LogP contribution < -0.4 is 0 Å². The zero-order chi connectivity index (χ0) is 32.7. The number of aliphatic hydroxyl groups excluding tert-OH is 4. The molecule has 44 heavy (non-hydrogen) atoms. The van der Waals surface area contributed by atoms with Crippen molar-refractivity contribution >= 4 is 17.9 Å². The first kappa shape index (κ1) is 40.2. The van der Waals surface area contributed by atoms with Crippen molar-refractivity contribution in [3.8, 4) is 0 Å². The smallest absolute Gasteiger partial charge is 0.306 e. The summed E-state index contributed by atoms with van der Waals surface area (Å²) in [5, 5.41) is 40.2. The minimum atomic E-state index is -1.53. The number of hydrogen-bond donors (Lipinski definition) is 4. The molecule has 12 nitrogen and oxygen atoms in total. The van der Waals surface area contributed by atoms with Gasteiger partial charge >= 0.3 is 17.9 Å². The molecule has 7 atom stereocenters. The van der Waals surface area contributed by atoms with Crippen molar-refractivity contribution in [2.24, 2.45) is 0 Å². The minimum Gasteiger partial charge on any atom is -0.463 e. The molecule has 0 spiro atoms. The van der Waals surface area contributed by atoms with Gasteiger partial charge in [0.2, 0.25) is 0 Å². The number of rotatable bonds is 25. The maximum absolute atomic E-state index is 12.9. The van der Waals surface area contributed by atoms with Gasteiger partial charge in [0.15, 0.2) is 18.5 Å². The molecule has 1 heterocycles. The SMILES string of the molecule is CCCCCCCCCC(=O)O[C@@H]1[C@H](OC[C@@H](O)[C@H](O)CO)O[C@H](COC(C)=O)[C@@H](O)[C@@H]1OC(=O)CCCCCCCCC. The predicted molar refractivity (Wildman–Crippen MR) is 161 cm³/mol. The van der Waals surface area contributed by atoms with Crippen molar-refractivity contribution < 1.29 is 58.5 Å². The molecule has 0 amide bonds. The van der Waals surface area contributed by atoms with Gasteiger partial charge in [-0.05, 0) is 12.8 Å². The second-order valence-electron chi connectivity index (χ2n) is 11.6. The zero-order valence-corrected chi connectivity index (χ0v) is 27.0. The largest absolute Gasteiger partial charge is 0.463 e. The molecule has 1 fully saturated rings. The second kappa shape index (κ2) is 24.4. The lowest BCUT2D eigenvalue weighted by Crippen LogP contribution is -2.62. The third-order valence-electron chi connectivity index (χ3n) is 7.64. The summed E-state index contributed by atoms with van der Waals surface area (Å²) >= 11 is 0. The molecule has 1 aliphatic rings. The summed E-state index contributed by atoms with van der Waals surface area (Å²) < 4.78 is 27.8. The molecule has 1 aliphatic heterocycles. The van der Waals surface area contributed by atoms with Crippen LogP contribution in [0.1, 0.15) is 124 Å². The fourth-order valence-corrected chi connectivity index (χ4v) is 4.92. The number of hydrogen-bond acceptors (Lipinski definition) is 12. The number of unbranched alkanes of at least 4 members (excludes halogenated alkanes) is 12. The van der Waals surface area contributed by atoms with E-state index in [1.165, 1.54) is 19.8 Å². The first-order valence-corrected chi connectivity index (χ1v) is 16.6. The Morgan fingerprint density at radius 3 is 1.68 bits per heavy atom. The molecule has 4 N–H and O–H groups in total. The Morgan fingerprint density at radius 2 is 1.20 bits per heavy atom. The van der Waals surface area contributed by atoms with Crippen molar-refractivity contribution in [1.82, 2.24) is 0 Å². The van der Waals surface area contributed by atoms with Crippen molar-refractivity contribution in [2.45, 2.75) is 166 Å². The van der Waals surface area contributed by atoms with E-state index in [-0.39, 0.29) is 12.8 Å². The summed E-state index contributed by atoms with van der Waals surface area (Å²) in [6, 6.07) is 0. The van der Waals surface area contributed by atoms with Crippen LogP contribution in [-0.4, -0.2) is 101 Å².